The first-order valence-electron chi connectivity index (χ1n) is 5.66. The average molecular weight is 309 g/mol. The molecule has 0 aliphatic carbocycles. The smallest absolute Gasteiger partial charge is 0.326 e. The standard InChI is InChI=1S/C13H13BrN2O2/c1-2-11(13(17)18)16-12-9-4-3-5-10(14)8(9)6-7-15-12/h3-7,11H,2H2,1H3,(H,15,16)(H,17,18). The van der Waals surface area contributed by atoms with E-state index in [2.05, 4.69) is 26.2 Å². The molecule has 2 aromatic rings. The van der Waals surface area contributed by atoms with Crippen LogP contribution in [0.2, 0.25) is 0 Å². The van der Waals surface area contributed by atoms with Gasteiger partial charge in [-0.15, -0.1) is 0 Å². The van der Waals surface area contributed by atoms with Gasteiger partial charge in [-0.2, -0.15) is 0 Å². The first-order chi connectivity index (χ1) is 8.63. The van der Waals surface area contributed by atoms with Crippen LogP contribution in [0.4, 0.5) is 5.82 Å². The molecule has 0 aliphatic rings. The van der Waals surface area contributed by atoms with Crippen LogP contribution in [0.3, 0.4) is 0 Å². The van der Waals surface area contributed by atoms with Crippen LogP contribution in [0.15, 0.2) is 34.9 Å². The summed E-state index contributed by atoms with van der Waals surface area (Å²) in [4.78, 5) is 15.3. The molecule has 1 atom stereocenters. The molecule has 0 amide bonds. The Labute approximate surface area is 113 Å². The zero-order valence-corrected chi connectivity index (χ0v) is 11.4. The van der Waals surface area contributed by atoms with Gasteiger partial charge in [-0.25, -0.2) is 9.78 Å². The number of benzene rings is 1. The molecule has 5 heteroatoms. The summed E-state index contributed by atoms with van der Waals surface area (Å²) in [5, 5.41) is 13.9. The van der Waals surface area contributed by atoms with Gasteiger partial charge >= 0.3 is 5.97 Å². The molecule has 18 heavy (non-hydrogen) atoms. The average Bonchev–Trinajstić information content (AvgIpc) is 2.36. The van der Waals surface area contributed by atoms with Crippen LogP contribution in [0.1, 0.15) is 13.3 Å². The van der Waals surface area contributed by atoms with Crippen LogP contribution in [-0.2, 0) is 4.79 Å². The molecule has 0 spiro atoms. The molecule has 1 aromatic heterocycles. The third kappa shape index (κ3) is 2.46. The molecule has 0 bridgehead atoms. The molecule has 1 unspecified atom stereocenters. The maximum absolute atomic E-state index is 11.0. The van der Waals surface area contributed by atoms with Crippen molar-refractivity contribution >= 4 is 38.5 Å². The highest BCUT2D eigenvalue weighted by Gasteiger charge is 2.16. The van der Waals surface area contributed by atoms with Crippen LogP contribution < -0.4 is 5.32 Å². The van der Waals surface area contributed by atoms with Gasteiger partial charge in [0.05, 0.1) is 0 Å². The van der Waals surface area contributed by atoms with Crippen molar-refractivity contribution in [1.82, 2.24) is 4.98 Å². The Morgan fingerprint density at radius 1 is 1.44 bits per heavy atom. The van der Waals surface area contributed by atoms with Crippen molar-refractivity contribution in [3.05, 3.63) is 34.9 Å². The van der Waals surface area contributed by atoms with Gasteiger partial charge in [-0.05, 0) is 18.6 Å². The number of aliphatic carboxylic acids is 1. The largest absolute Gasteiger partial charge is 0.480 e. The van der Waals surface area contributed by atoms with Crippen molar-refractivity contribution in [1.29, 1.82) is 0 Å². The van der Waals surface area contributed by atoms with Gasteiger partial charge < -0.3 is 10.4 Å². The SMILES string of the molecule is CCC(Nc1nccc2c(Br)cccc12)C(=O)O. The molecule has 1 aromatic carbocycles. The number of aromatic nitrogens is 1. The molecule has 1 heterocycles. The van der Waals surface area contributed by atoms with Gasteiger partial charge in [-0.3, -0.25) is 0 Å². The summed E-state index contributed by atoms with van der Waals surface area (Å²) in [7, 11) is 0. The third-order valence-corrected chi connectivity index (χ3v) is 3.46. The molecule has 0 radical (unpaired) electrons. The molecule has 4 nitrogen and oxygen atoms in total. The van der Waals surface area contributed by atoms with Crippen molar-refractivity contribution in [3.8, 4) is 0 Å². The summed E-state index contributed by atoms with van der Waals surface area (Å²) in [5.74, 6) is -0.269. The van der Waals surface area contributed by atoms with E-state index in [4.69, 9.17) is 5.11 Å². The summed E-state index contributed by atoms with van der Waals surface area (Å²) < 4.78 is 0.967. The van der Waals surface area contributed by atoms with Crippen LogP contribution in [0.25, 0.3) is 10.8 Å². The minimum absolute atomic E-state index is 0.501. The Balaban J connectivity index is 2.45. The van der Waals surface area contributed by atoms with Crippen molar-refractivity contribution in [2.75, 3.05) is 5.32 Å². The van der Waals surface area contributed by atoms with Gasteiger partial charge in [0.25, 0.3) is 0 Å². The summed E-state index contributed by atoms with van der Waals surface area (Å²) in [6.07, 6.45) is 2.17. The van der Waals surface area contributed by atoms with Gasteiger partial charge in [0.1, 0.15) is 11.9 Å². The highest BCUT2D eigenvalue weighted by molar-refractivity contribution is 9.10. The van der Waals surface area contributed by atoms with Crippen LogP contribution in [0, 0.1) is 0 Å². The highest BCUT2D eigenvalue weighted by atomic mass is 79.9. The first-order valence-corrected chi connectivity index (χ1v) is 6.45. The Hall–Kier alpha value is -1.62. The predicted molar refractivity (Wildman–Crippen MR) is 74.8 cm³/mol. The Kier molecular flexibility index (Phi) is 3.81. The molecule has 2 N–H and O–H groups in total. The lowest BCUT2D eigenvalue weighted by molar-refractivity contribution is -0.137. The summed E-state index contributed by atoms with van der Waals surface area (Å²) >= 11 is 3.47. The first kappa shape index (κ1) is 12.8. The summed E-state index contributed by atoms with van der Waals surface area (Å²) in [5.41, 5.74) is 0. The number of hydrogen-bond acceptors (Lipinski definition) is 3. The summed E-state index contributed by atoms with van der Waals surface area (Å²) in [6, 6.07) is 7.04. The Morgan fingerprint density at radius 3 is 2.89 bits per heavy atom. The van der Waals surface area contributed by atoms with Gasteiger partial charge in [0.2, 0.25) is 0 Å². The zero-order chi connectivity index (χ0) is 13.1. The number of carboxylic acids is 1. The number of fused-ring (bicyclic) bond motifs is 1. The van der Waals surface area contributed by atoms with Gasteiger partial charge in [0, 0.05) is 21.4 Å². The van der Waals surface area contributed by atoms with E-state index in [0.29, 0.717) is 12.2 Å². The Morgan fingerprint density at radius 2 is 2.22 bits per heavy atom. The summed E-state index contributed by atoms with van der Waals surface area (Å²) in [6.45, 7) is 1.83. The molecule has 0 aliphatic heterocycles. The predicted octanol–water partition coefficient (Wildman–Crippen LogP) is 3.27. The monoisotopic (exact) mass is 308 g/mol. The Bertz CT molecular complexity index is 586. The number of halogens is 1. The van der Waals surface area contributed by atoms with Crippen LogP contribution in [-0.4, -0.2) is 22.1 Å². The maximum atomic E-state index is 11.0. The fraction of sp³-hybridized carbons (Fsp3) is 0.231. The second kappa shape index (κ2) is 5.35. The van der Waals surface area contributed by atoms with E-state index >= 15 is 0 Å². The number of carbonyl (C=O) groups is 1. The number of pyridine rings is 1. The van der Waals surface area contributed by atoms with Gasteiger partial charge in [-0.1, -0.05) is 35.0 Å². The van der Waals surface area contributed by atoms with E-state index < -0.39 is 12.0 Å². The molecular weight excluding hydrogens is 296 g/mol. The maximum Gasteiger partial charge on any atom is 0.326 e. The fourth-order valence-corrected chi connectivity index (χ4v) is 2.29. The van der Waals surface area contributed by atoms with E-state index in [1.165, 1.54) is 0 Å². The van der Waals surface area contributed by atoms with Crippen molar-refractivity contribution in [2.45, 2.75) is 19.4 Å². The van der Waals surface area contributed by atoms with Crippen molar-refractivity contribution in [3.63, 3.8) is 0 Å². The number of nitrogens with one attached hydrogen (secondary N) is 1. The molecule has 0 fully saturated rings. The van der Waals surface area contributed by atoms with Gasteiger partial charge in [0.15, 0.2) is 0 Å². The lowest BCUT2D eigenvalue weighted by atomic mass is 10.1. The highest BCUT2D eigenvalue weighted by Crippen LogP contribution is 2.28. The van der Waals surface area contributed by atoms with Crippen molar-refractivity contribution < 1.29 is 9.90 Å². The van der Waals surface area contributed by atoms with E-state index in [9.17, 15) is 4.79 Å². The number of anilines is 1. The zero-order valence-electron chi connectivity index (χ0n) is 9.85. The van der Waals surface area contributed by atoms with E-state index in [1.54, 1.807) is 6.20 Å². The second-order valence-electron chi connectivity index (χ2n) is 3.94. The van der Waals surface area contributed by atoms with Crippen LogP contribution in [0.5, 0.6) is 0 Å². The third-order valence-electron chi connectivity index (χ3n) is 2.77. The van der Waals surface area contributed by atoms with E-state index in [0.717, 1.165) is 15.2 Å². The lowest BCUT2D eigenvalue weighted by Gasteiger charge is -2.14. The minimum Gasteiger partial charge on any atom is -0.480 e. The molecule has 0 saturated heterocycles. The normalized spacial score (nSPS) is 12.3. The number of nitrogens with zero attached hydrogens (tertiary/aromatic N) is 1. The topological polar surface area (TPSA) is 62.2 Å². The lowest BCUT2D eigenvalue weighted by Crippen LogP contribution is -2.28. The van der Waals surface area contributed by atoms with E-state index in [-0.39, 0.29) is 0 Å². The van der Waals surface area contributed by atoms with Crippen LogP contribution >= 0.6 is 15.9 Å². The second-order valence-corrected chi connectivity index (χ2v) is 4.79. The number of carboxylic acid groups (broad SMARTS) is 1. The van der Waals surface area contributed by atoms with Crippen molar-refractivity contribution in [2.24, 2.45) is 0 Å². The molecule has 2 rings (SSSR count). The fourth-order valence-electron chi connectivity index (χ4n) is 1.79. The quantitative estimate of drug-likeness (QED) is 0.910. The molecule has 0 saturated carbocycles. The number of rotatable bonds is 4. The molecular formula is C13H13BrN2O2. The van der Waals surface area contributed by atoms with E-state index in [1.807, 2.05) is 31.2 Å². The molecule has 94 valence electrons. The minimum atomic E-state index is -0.869. The number of hydrogen-bond donors (Lipinski definition) is 2.